The van der Waals surface area contributed by atoms with Crippen molar-refractivity contribution >= 4 is 34.4 Å². The normalized spacial score (nSPS) is 12.4. The van der Waals surface area contributed by atoms with Crippen LogP contribution in [0.2, 0.25) is 0 Å². The van der Waals surface area contributed by atoms with Crippen LogP contribution >= 0.6 is 34.4 Å². The molecule has 2 aromatic rings. The molecule has 0 amide bonds. The molecule has 0 aliphatic carbocycles. The second-order valence-electron chi connectivity index (χ2n) is 4.12. The lowest BCUT2D eigenvalue weighted by Gasteiger charge is -2.11. The summed E-state index contributed by atoms with van der Waals surface area (Å²) in [5, 5.41) is 10.2. The van der Waals surface area contributed by atoms with Gasteiger partial charge in [0.1, 0.15) is 0 Å². The summed E-state index contributed by atoms with van der Waals surface area (Å²) in [5.74, 6) is 0. The van der Waals surface area contributed by atoms with Gasteiger partial charge >= 0.3 is 0 Å². The molecular formula is C15H15IOS. The van der Waals surface area contributed by atoms with E-state index in [1.165, 1.54) is 8.47 Å². The molecule has 0 spiro atoms. The van der Waals surface area contributed by atoms with E-state index in [9.17, 15) is 5.11 Å². The highest BCUT2D eigenvalue weighted by atomic mass is 127. The summed E-state index contributed by atoms with van der Waals surface area (Å²) >= 11 is 4.00. The number of halogens is 1. The van der Waals surface area contributed by atoms with Crippen molar-refractivity contribution in [3.05, 3.63) is 63.2 Å². The molecule has 0 aliphatic rings. The minimum absolute atomic E-state index is 0.430. The van der Waals surface area contributed by atoms with Crippen LogP contribution in [0.5, 0.6) is 0 Å². The number of aliphatic hydroxyl groups is 1. The van der Waals surface area contributed by atoms with Gasteiger partial charge in [-0.3, -0.25) is 0 Å². The zero-order valence-electron chi connectivity index (χ0n) is 10.1. The maximum Gasteiger partial charge on any atom is 0.0830 e. The van der Waals surface area contributed by atoms with E-state index in [0.717, 1.165) is 11.1 Å². The Labute approximate surface area is 126 Å². The quantitative estimate of drug-likeness (QED) is 0.640. The van der Waals surface area contributed by atoms with Gasteiger partial charge in [-0.05, 0) is 64.2 Å². The van der Waals surface area contributed by atoms with E-state index < -0.39 is 6.10 Å². The van der Waals surface area contributed by atoms with Crippen molar-refractivity contribution in [3.63, 3.8) is 0 Å². The van der Waals surface area contributed by atoms with Crippen molar-refractivity contribution in [1.29, 1.82) is 0 Å². The van der Waals surface area contributed by atoms with Crippen molar-refractivity contribution < 1.29 is 5.11 Å². The van der Waals surface area contributed by atoms with Gasteiger partial charge in [0, 0.05) is 14.9 Å². The third-order valence-electron chi connectivity index (χ3n) is 2.84. The van der Waals surface area contributed by atoms with Crippen LogP contribution in [0.15, 0.2) is 53.4 Å². The van der Waals surface area contributed by atoms with Gasteiger partial charge in [-0.25, -0.2) is 0 Å². The molecule has 0 saturated heterocycles. The smallest absolute Gasteiger partial charge is 0.0830 e. The van der Waals surface area contributed by atoms with E-state index in [2.05, 4.69) is 65.2 Å². The average molecular weight is 370 g/mol. The molecule has 1 unspecified atom stereocenters. The summed E-state index contributed by atoms with van der Waals surface area (Å²) in [6.07, 6.45) is 2.29. The summed E-state index contributed by atoms with van der Waals surface area (Å²) in [6, 6.07) is 16.4. The average Bonchev–Trinajstić information content (AvgIpc) is 2.41. The second-order valence-corrected chi connectivity index (χ2v) is 6.24. The summed E-state index contributed by atoms with van der Waals surface area (Å²) in [5.41, 5.74) is 2.14. The first kappa shape index (κ1) is 13.9. The minimum Gasteiger partial charge on any atom is -0.388 e. The molecule has 0 aromatic heterocycles. The topological polar surface area (TPSA) is 20.2 Å². The summed E-state index contributed by atoms with van der Waals surface area (Å²) in [4.78, 5) is 1.22. The van der Waals surface area contributed by atoms with Crippen molar-refractivity contribution in [2.24, 2.45) is 0 Å². The van der Waals surface area contributed by atoms with E-state index in [-0.39, 0.29) is 0 Å². The van der Waals surface area contributed by atoms with E-state index >= 15 is 0 Å². The van der Waals surface area contributed by atoms with Crippen LogP contribution in [0, 0.1) is 3.57 Å². The molecule has 0 fully saturated rings. The lowest BCUT2D eigenvalue weighted by molar-refractivity contribution is 0.178. The van der Waals surface area contributed by atoms with Crippen molar-refractivity contribution in [3.8, 4) is 0 Å². The number of hydrogen-bond donors (Lipinski definition) is 1. The van der Waals surface area contributed by atoms with Crippen molar-refractivity contribution in [1.82, 2.24) is 0 Å². The van der Waals surface area contributed by atoms with Crippen LogP contribution < -0.4 is 0 Å². The zero-order valence-corrected chi connectivity index (χ0v) is 13.1. The minimum atomic E-state index is -0.430. The van der Waals surface area contributed by atoms with Crippen LogP contribution in [0.4, 0.5) is 0 Å². The lowest BCUT2D eigenvalue weighted by Crippen LogP contribution is -2.01. The van der Waals surface area contributed by atoms with Gasteiger partial charge in [-0.15, -0.1) is 11.8 Å². The standard InChI is InChI=1S/C15H15IOS/c1-18-14-8-4-12(5-9-14)15(17)10-11-2-6-13(16)7-3-11/h2-9,15,17H,10H2,1H3. The molecule has 2 rings (SSSR count). The molecule has 3 heteroatoms. The molecule has 2 aromatic carbocycles. The molecular weight excluding hydrogens is 355 g/mol. The fourth-order valence-corrected chi connectivity index (χ4v) is 2.56. The van der Waals surface area contributed by atoms with Gasteiger partial charge in [0.2, 0.25) is 0 Å². The Hall–Kier alpha value is -0.520. The van der Waals surface area contributed by atoms with Crippen molar-refractivity contribution in [2.45, 2.75) is 17.4 Å². The molecule has 0 aliphatic heterocycles. The monoisotopic (exact) mass is 370 g/mol. The van der Waals surface area contributed by atoms with Crippen LogP contribution in [0.1, 0.15) is 17.2 Å². The Bertz CT molecular complexity index is 493. The highest BCUT2D eigenvalue weighted by Crippen LogP contribution is 2.22. The third-order valence-corrected chi connectivity index (χ3v) is 4.31. The van der Waals surface area contributed by atoms with Crippen LogP contribution in [-0.2, 0) is 6.42 Å². The van der Waals surface area contributed by atoms with Crippen LogP contribution in [0.3, 0.4) is 0 Å². The molecule has 18 heavy (non-hydrogen) atoms. The Kier molecular flexibility index (Phi) is 5.09. The maximum absolute atomic E-state index is 10.2. The number of thioether (sulfide) groups is 1. The molecule has 1 atom stereocenters. The zero-order chi connectivity index (χ0) is 13.0. The second kappa shape index (κ2) is 6.59. The molecule has 1 nitrogen and oxygen atoms in total. The van der Waals surface area contributed by atoms with E-state index in [0.29, 0.717) is 6.42 Å². The van der Waals surface area contributed by atoms with Gasteiger partial charge in [0.25, 0.3) is 0 Å². The SMILES string of the molecule is CSc1ccc(C(O)Cc2ccc(I)cc2)cc1. The number of hydrogen-bond acceptors (Lipinski definition) is 2. The molecule has 0 saturated carbocycles. The fourth-order valence-electron chi connectivity index (χ4n) is 1.79. The largest absolute Gasteiger partial charge is 0.388 e. The molecule has 1 N–H and O–H groups in total. The van der Waals surface area contributed by atoms with Gasteiger partial charge in [-0.1, -0.05) is 24.3 Å². The third kappa shape index (κ3) is 3.73. The first-order valence-corrected chi connectivity index (χ1v) is 8.06. The van der Waals surface area contributed by atoms with Gasteiger partial charge in [0.15, 0.2) is 0 Å². The lowest BCUT2D eigenvalue weighted by atomic mass is 10.0. The summed E-state index contributed by atoms with van der Waals surface area (Å²) in [6.45, 7) is 0. The fraction of sp³-hybridized carbons (Fsp3) is 0.200. The number of rotatable bonds is 4. The van der Waals surface area contributed by atoms with Crippen LogP contribution in [-0.4, -0.2) is 11.4 Å². The van der Waals surface area contributed by atoms with Gasteiger partial charge < -0.3 is 5.11 Å². The Morgan fingerprint density at radius 1 is 1.06 bits per heavy atom. The molecule has 0 radical (unpaired) electrons. The van der Waals surface area contributed by atoms with Gasteiger partial charge in [0.05, 0.1) is 6.10 Å². The van der Waals surface area contributed by atoms with Crippen molar-refractivity contribution in [2.75, 3.05) is 6.26 Å². The summed E-state index contributed by atoms with van der Waals surface area (Å²) in [7, 11) is 0. The molecule has 0 bridgehead atoms. The first-order chi connectivity index (χ1) is 8.69. The molecule has 0 heterocycles. The number of benzene rings is 2. The summed E-state index contributed by atoms with van der Waals surface area (Å²) < 4.78 is 1.22. The highest BCUT2D eigenvalue weighted by molar-refractivity contribution is 14.1. The van der Waals surface area contributed by atoms with Crippen LogP contribution in [0.25, 0.3) is 0 Å². The van der Waals surface area contributed by atoms with E-state index in [1.54, 1.807) is 11.8 Å². The predicted molar refractivity (Wildman–Crippen MR) is 86.0 cm³/mol. The van der Waals surface area contributed by atoms with E-state index in [1.807, 2.05) is 12.1 Å². The number of aliphatic hydroxyl groups excluding tert-OH is 1. The highest BCUT2D eigenvalue weighted by Gasteiger charge is 2.08. The Balaban J connectivity index is 2.06. The van der Waals surface area contributed by atoms with Gasteiger partial charge in [-0.2, -0.15) is 0 Å². The first-order valence-electron chi connectivity index (χ1n) is 5.75. The maximum atomic E-state index is 10.2. The molecule has 94 valence electrons. The van der Waals surface area contributed by atoms with E-state index in [4.69, 9.17) is 0 Å². The Morgan fingerprint density at radius 3 is 2.22 bits per heavy atom. The predicted octanol–water partition coefficient (Wildman–Crippen LogP) is 4.29. The Morgan fingerprint density at radius 2 is 1.67 bits per heavy atom.